The van der Waals surface area contributed by atoms with Crippen LogP contribution in [0.25, 0.3) is 0 Å². The highest BCUT2D eigenvalue weighted by Crippen LogP contribution is 2.31. The van der Waals surface area contributed by atoms with Crippen molar-refractivity contribution in [1.82, 2.24) is 4.90 Å². The summed E-state index contributed by atoms with van der Waals surface area (Å²) in [5, 5.41) is 10.7. The molecule has 0 N–H and O–H groups in total. The molecule has 1 aromatic carbocycles. The van der Waals surface area contributed by atoms with Crippen LogP contribution in [-0.4, -0.2) is 42.0 Å². The Labute approximate surface area is 123 Å². The second-order valence-corrected chi connectivity index (χ2v) is 5.35. The van der Waals surface area contributed by atoms with Crippen LogP contribution >= 0.6 is 0 Å². The lowest BCUT2D eigenvalue weighted by atomic mass is 9.97. The number of nitro groups is 1. The van der Waals surface area contributed by atoms with Gasteiger partial charge in [0.2, 0.25) is 5.91 Å². The Hall–Kier alpha value is -1.95. The average Bonchev–Trinajstić information content (AvgIpc) is 2.86. The third-order valence-electron chi connectivity index (χ3n) is 4.02. The molecule has 0 bridgehead atoms. The number of ether oxygens (including phenoxy) is 1. The number of nitro benzene ring substituents is 1. The van der Waals surface area contributed by atoms with Crippen LogP contribution in [0.4, 0.5) is 5.69 Å². The number of amides is 1. The summed E-state index contributed by atoms with van der Waals surface area (Å²) < 4.78 is 5.05. The van der Waals surface area contributed by atoms with E-state index in [9.17, 15) is 14.9 Å². The van der Waals surface area contributed by atoms with Crippen LogP contribution in [0.3, 0.4) is 0 Å². The van der Waals surface area contributed by atoms with Crippen molar-refractivity contribution in [2.45, 2.75) is 31.7 Å². The Balaban J connectivity index is 2.05. The minimum absolute atomic E-state index is 0.0505. The number of likely N-dealkylation sites (tertiary alicyclic amines) is 1. The largest absolute Gasteiger partial charge is 0.385 e. The molecule has 21 heavy (non-hydrogen) atoms. The number of methoxy groups -OCH3 is 1. The summed E-state index contributed by atoms with van der Waals surface area (Å²) in [7, 11) is 1.65. The van der Waals surface area contributed by atoms with E-state index in [1.807, 2.05) is 11.8 Å². The summed E-state index contributed by atoms with van der Waals surface area (Å²) in [5.74, 6) is -0.0803. The van der Waals surface area contributed by atoms with Crippen LogP contribution in [-0.2, 0) is 9.53 Å². The highest BCUT2D eigenvalue weighted by Gasteiger charge is 2.35. The molecule has 0 saturated carbocycles. The van der Waals surface area contributed by atoms with Gasteiger partial charge in [0.15, 0.2) is 0 Å². The Kier molecular flexibility index (Phi) is 4.90. The third-order valence-corrected chi connectivity index (χ3v) is 4.02. The van der Waals surface area contributed by atoms with Crippen LogP contribution in [0.15, 0.2) is 24.3 Å². The van der Waals surface area contributed by atoms with Crippen LogP contribution in [0.5, 0.6) is 0 Å². The standard InChI is InChI=1S/C15H20N2O4/c1-11(8-10-21-2)16-9-7-14(15(16)18)12-3-5-13(6-4-12)17(19)20/h3-6,11,14H,7-10H2,1-2H3. The monoisotopic (exact) mass is 292 g/mol. The van der Waals surface area contributed by atoms with Crippen molar-refractivity contribution in [2.75, 3.05) is 20.3 Å². The van der Waals surface area contributed by atoms with Gasteiger partial charge in [-0.15, -0.1) is 0 Å². The molecule has 0 aromatic heterocycles. The van der Waals surface area contributed by atoms with E-state index in [0.29, 0.717) is 6.61 Å². The van der Waals surface area contributed by atoms with E-state index >= 15 is 0 Å². The van der Waals surface area contributed by atoms with E-state index < -0.39 is 4.92 Å². The summed E-state index contributed by atoms with van der Waals surface area (Å²) >= 11 is 0. The Bertz CT molecular complexity index is 515. The zero-order chi connectivity index (χ0) is 15.4. The third kappa shape index (κ3) is 3.39. The molecular weight excluding hydrogens is 272 g/mol. The maximum atomic E-state index is 12.5. The molecule has 2 unspecified atom stereocenters. The quantitative estimate of drug-likeness (QED) is 0.596. The van der Waals surface area contributed by atoms with Gasteiger partial charge in [-0.3, -0.25) is 14.9 Å². The lowest BCUT2D eigenvalue weighted by Crippen LogP contribution is -2.36. The van der Waals surface area contributed by atoms with Gasteiger partial charge in [0.05, 0.1) is 10.8 Å². The van der Waals surface area contributed by atoms with E-state index in [4.69, 9.17) is 4.74 Å². The van der Waals surface area contributed by atoms with E-state index in [-0.39, 0.29) is 23.6 Å². The smallest absolute Gasteiger partial charge is 0.269 e. The number of carbonyl (C=O) groups excluding carboxylic acids is 1. The van der Waals surface area contributed by atoms with Gasteiger partial charge < -0.3 is 9.64 Å². The van der Waals surface area contributed by atoms with Gasteiger partial charge in [-0.1, -0.05) is 12.1 Å². The fourth-order valence-electron chi connectivity index (χ4n) is 2.72. The highest BCUT2D eigenvalue weighted by atomic mass is 16.6. The Morgan fingerprint density at radius 3 is 2.67 bits per heavy atom. The van der Waals surface area contributed by atoms with Gasteiger partial charge in [-0.25, -0.2) is 0 Å². The van der Waals surface area contributed by atoms with Crippen molar-refractivity contribution in [3.63, 3.8) is 0 Å². The summed E-state index contributed by atoms with van der Waals surface area (Å²) in [4.78, 5) is 24.6. The highest BCUT2D eigenvalue weighted by molar-refractivity contribution is 5.86. The molecule has 0 radical (unpaired) electrons. The van der Waals surface area contributed by atoms with Gasteiger partial charge in [-0.05, 0) is 25.3 Å². The number of non-ortho nitro benzene ring substituents is 1. The number of hydrogen-bond acceptors (Lipinski definition) is 4. The summed E-state index contributed by atoms with van der Waals surface area (Å²) in [6, 6.07) is 6.44. The van der Waals surface area contributed by atoms with E-state index in [1.54, 1.807) is 19.2 Å². The van der Waals surface area contributed by atoms with Crippen LogP contribution in [0, 0.1) is 10.1 Å². The molecule has 114 valence electrons. The zero-order valence-electron chi connectivity index (χ0n) is 12.3. The van der Waals surface area contributed by atoms with E-state index in [1.165, 1.54) is 12.1 Å². The van der Waals surface area contributed by atoms with Crippen molar-refractivity contribution in [1.29, 1.82) is 0 Å². The fraction of sp³-hybridized carbons (Fsp3) is 0.533. The van der Waals surface area contributed by atoms with Crippen molar-refractivity contribution in [3.05, 3.63) is 39.9 Å². The second-order valence-electron chi connectivity index (χ2n) is 5.35. The Morgan fingerprint density at radius 1 is 1.43 bits per heavy atom. The van der Waals surface area contributed by atoms with Crippen LogP contribution in [0.1, 0.15) is 31.2 Å². The van der Waals surface area contributed by atoms with Gasteiger partial charge in [0, 0.05) is 38.4 Å². The molecular formula is C15H20N2O4. The molecule has 1 aromatic rings. The predicted molar refractivity (Wildman–Crippen MR) is 78.1 cm³/mol. The number of nitrogens with zero attached hydrogens (tertiary/aromatic N) is 2. The minimum atomic E-state index is -0.431. The maximum Gasteiger partial charge on any atom is 0.269 e. The van der Waals surface area contributed by atoms with Gasteiger partial charge in [-0.2, -0.15) is 0 Å². The normalized spacial score (nSPS) is 19.8. The molecule has 1 fully saturated rings. The van der Waals surface area contributed by atoms with Crippen molar-refractivity contribution < 1.29 is 14.5 Å². The first-order valence-corrected chi connectivity index (χ1v) is 7.08. The zero-order valence-corrected chi connectivity index (χ0v) is 12.3. The van der Waals surface area contributed by atoms with E-state index in [2.05, 4.69) is 0 Å². The van der Waals surface area contributed by atoms with Crippen molar-refractivity contribution >= 4 is 11.6 Å². The molecule has 6 nitrogen and oxygen atoms in total. The fourth-order valence-corrected chi connectivity index (χ4v) is 2.72. The molecule has 2 atom stereocenters. The van der Waals surface area contributed by atoms with Crippen LogP contribution in [0.2, 0.25) is 0 Å². The molecule has 1 amide bonds. The first-order chi connectivity index (χ1) is 10.0. The summed E-state index contributed by atoms with van der Waals surface area (Å²) in [6.45, 7) is 3.38. The number of benzene rings is 1. The first-order valence-electron chi connectivity index (χ1n) is 7.08. The summed E-state index contributed by atoms with van der Waals surface area (Å²) in [5.41, 5.74) is 0.904. The number of carbonyl (C=O) groups is 1. The van der Waals surface area contributed by atoms with E-state index in [0.717, 1.165) is 24.9 Å². The molecule has 1 heterocycles. The molecule has 0 spiro atoms. The van der Waals surface area contributed by atoms with Crippen molar-refractivity contribution in [2.24, 2.45) is 0 Å². The molecule has 1 saturated heterocycles. The lowest BCUT2D eigenvalue weighted by Gasteiger charge is -2.24. The molecule has 0 aliphatic carbocycles. The predicted octanol–water partition coefficient (Wildman–Crippen LogP) is 2.34. The topological polar surface area (TPSA) is 72.7 Å². The average molecular weight is 292 g/mol. The molecule has 1 aliphatic heterocycles. The summed E-state index contributed by atoms with van der Waals surface area (Å²) in [6.07, 6.45) is 1.57. The molecule has 1 aliphatic rings. The minimum Gasteiger partial charge on any atom is -0.385 e. The van der Waals surface area contributed by atoms with Gasteiger partial charge >= 0.3 is 0 Å². The number of hydrogen-bond donors (Lipinski definition) is 0. The van der Waals surface area contributed by atoms with Gasteiger partial charge in [0.1, 0.15) is 0 Å². The number of rotatable bonds is 6. The van der Waals surface area contributed by atoms with Crippen molar-refractivity contribution in [3.8, 4) is 0 Å². The SMILES string of the molecule is COCCC(C)N1CCC(c2ccc([N+](=O)[O-])cc2)C1=O. The lowest BCUT2D eigenvalue weighted by molar-refractivity contribution is -0.384. The maximum absolute atomic E-state index is 12.5. The van der Waals surface area contributed by atoms with Gasteiger partial charge in [0.25, 0.3) is 5.69 Å². The van der Waals surface area contributed by atoms with Crippen LogP contribution < -0.4 is 0 Å². The second kappa shape index (κ2) is 6.67. The first kappa shape index (κ1) is 15.4. The Morgan fingerprint density at radius 2 is 2.10 bits per heavy atom. The molecule has 2 rings (SSSR count). The molecule has 6 heteroatoms.